The molecular weight excluding hydrogens is 282 g/mol. The van der Waals surface area contributed by atoms with Crippen LogP contribution in [0.3, 0.4) is 0 Å². The van der Waals surface area contributed by atoms with Crippen LogP contribution in [-0.2, 0) is 5.41 Å². The first-order valence-corrected chi connectivity index (χ1v) is 7.46. The number of nitrogens with two attached hydrogens (primary N) is 1. The summed E-state index contributed by atoms with van der Waals surface area (Å²) >= 11 is 1.38. The molecule has 0 saturated heterocycles. The van der Waals surface area contributed by atoms with Gasteiger partial charge in [-0.3, -0.25) is 4.57 Å². The first kappa shape index (κ1) is 13.8. The average molecular weight is 299 g/mol. The van der Waals surface area contributed by atoms with Crippen LogP contribution in [0.4, 0.5) is 5.69 Å². The van der Waals surface area contributed by atoms with Crippen LogP contribution in [0.25, 0.3) is 16.5 Å². The van der Waals surface area contributed by atoms with Gasteiger partial charge in [-0.1, -0.05) is 32.9 Å². The van der Waals surface area contributed by atoms with E-state index >= 15 is 0 Å². The van der Waals surface area contributed by atoms with Crippen molar-refractivity contribution in [2.45, 2.75) is 26.2 Å². The molecule has 2 heterocycles. The van der Waals surface area contributed by atoms with Crippen molar-refractivity contribution < 1.29 is 0 Å². The molecule has 0 bridgehead atoms. The van der Waals surface area contributed by atoms with Crippen LogP contribution in [0.1, 0.15) is 26.6 Å². The van der Waals surface area contributed by atoms with Crippen molar-refractivity contribution in [2.75, 3.05) is 5.73 Å². The van der Waals surface area contributed by atoms with Crippen LogP contribution in [0.5, 0.6) is 0 Å². The third kappa shape index (κ3) is 2.67. The minimum absolute atomic E-state index is 0.0628. The highest BCUT2D eigenvalue weighted by atomic mass is 32.1. The number of benzene rings is 1. The number of anilines is 1. The summed E-state index contributed by atoms with van der Waals surface area (Å²) in [5.74, 6) is 1.66. The Morgan fingerprint density at radius 1 is 1.24 bits per heavy atom. The maximum absolute atomic E-state index is 5.85. The molecule has 2 N–H and O–H groups in total. The van der Waals surface area contributed by atoms with Gasteiger partial charge in [-0.25, -0.2) is 9.97 Å². The molecule has 0 amide bonds. The van der Waals surface area contributed by atoms with Crippen molar-refractivity contribution in [2.24, 2.45) is 0 Å². The number of hydrogen-bond acceptors (Lipinski definition) is 5. The van der Waals surface area contributed by atoms with Crippen LogP contribution >= 0.6 is 11.5 Å². The number of hydrogen-bond donors (Lipinski definition) is 1. The molecule has 6 heteroatoms. The molecule has 0 aliphatic carbocycles. The fourth-order valence-corrected chi connectivity index (χ4v) is 2.81. The van der Waals surface area contributed by atoms with Crippen molar-refractivity contribution in [1.82, 2.24) is 18.9 Å². The molecule has 1 aromatic carbocycles. The van der Waals surface area contributed by atoms with Crippen molar-refractivity contribution in [3.05, 3.63) is 42.5 Å². The summed E-state index contributed by atoms with van der Waals surface area (Å²) < 4.78 is 6.40. The van der Waals surface area contributed by atoms with Crippen LogP contribution < -0.4 is 5.73 Å². The summed E-state index contributed by atoms with van der Waals surface area (Å²) in [4.78, 5) is 9.05. The Morgan fingerprint density at radius 2 is 2.05 bits per heavy atom. The summed E-state index contributed by atoms with van der Waals surface area (Å²) in [6.07, 6.45) is 3.65. The lowest BCUT2D eigenvalue weighted by Crippen LogP contribution is -2.13. The first-order valence-electron chi connectivity index (χ1n) is 6.69. The Morgan fingerprint density at radius 3 is 2.71 bits per heavy atom. The lowest BCUT2D eigenvalue weighted by molar-refractivity contribution is 0.554. The van der Waals surface area contributed by atoms with Crippen LogP contribution in [0, 0.1) is 0 Å². The molecular formula is C15H17N5S. The third-order valence-corrected chi connectivity index (χ3v) is 3.79. The molecule has 0 radical (unpaired) electrons. The smallest absolute Gasteiger partial charge is 0.215 e. The molecule has 0 fully saturated rings. The minimum Gasteiger partial charge on any atom is -0.399 e. The number of nitrogens with zero attached hydrogens (tertiary/aromatic N) is 4. The first-order chi connectivity index (χ1) is 9.95. The van der Waals surface area contributed by atoms with Crippen molar-refractivity contribution in [1.29, 1.82) is 0 Å². The van der Waals surface area contributed by atoms with Gasteiger partial charge in [0.05, 0.1) is 0 Å². The van der Waals surface area contributed by atoms with Crippen LogP contribution in [0.2, 0.25) is 0 Å². The zero-order valence-electron chi connectivity index (χ0n) is 12.2. The van der Waals surface area contributed by atoms with Gasteiger partial charge in [0.15, 0.2) is 0 Å². The zero-order chi connectivity index (χ0) is 15.0. The molecule has 0 aliphatic rings. The van der Waals surface area contributed by atoms with E-state index in [1.165, 1.54) is 11.5 Å². The molecule has 0 spiro atoms. The van der Waals surface area contributed by atoms with Gasteiger partial charge in [-0.2, -0.15) is 4.37 Å². The fraction of sp³-hybridized carbons (Fsp3) is 0.267. The topological polar surface area (TPSA) is 69.6 Å². The van der Waals surface area contributed by atoms with Crippen molar-refractivity contribution >= 4 is 17.2 Å². The summed E-state index contributed by atoms with van der Waals surface area (Å²) in [6, 6.07) is 7.68. The van der Waals surface area contributed by atoms with E-state index < -0.39 is 0 Å². The van der Waals surface area contributed by atoms with E-state index in [2.05, 4.69) is 35.1 Å². The standard InChI is InChI=1S/C15H17N5S/c1-15(2,3)13-18-14(21-19-13)20-8-7-17-12(20)10-5-4-6-11(16)9-10/h4-9H,16H2,1-3H3. The lowest BCUT2D eigenvalue weighted by atomic mass is 9.96. The monoisotopic (exact) mass is 299 g/mol. The highest BCUT2D eigenvalue weighted by Gasteiger charge is 2.21. The maximum atomic E-state index is 5.85. The average Bonchev–Trinajstić information content (AvgIpc) is 3.07. The molecule has 2 aromatic heterocycles. The molecule has 3 rings (SSSR count). The summed E-state index contributed by atoms with van der Waals surface area (Å²) in [7, 11) is 0. The zero-order valence-corrected chi connectivity index (χ0v) is 13.1. The molecule has 0 atom stereocenters. The predicted molar refractivity (Wildman–Crippen MR) is 85.6 cm³/mol. The number of nitrogen functional groups attached to an aromatic ring is 1. The Labute approximate surface area is 127 Å². The van der Waals surface area contributed by atoms with Gasteiger partial charge in [-0.05, 0) is 12.1 Å². The maximum Gasteiger partial charge on any atom is 0.215 e. The Bertz CT molecular complexity index is 766. The Hall–Kier alpha value is -2.21. The minimum atomic E-state index is -0.0628. The number of aromatic nitrogens is 4. The summed E-state index contributed by atoms with van der Waals surface area (Å²) in [5, 5.41) is 0.815. The molecule has 3 aromatic rings. The quantitative estimate of drug-likeness (QED) is 0.737. The molecule has 21 heavy (non-hydrogen) atoms. The van der Waals surface area contributed by atoms with E-state index in [0.717, 1.165) is 28.0 Å². The summed E-state index contributed by atoms with van der Waals surface area (Å²) in [5.41, 5.74) is 7.47. The van der Waals surface area contributed by atoms with Gasteiger partial charge in [0, 0.05) is 40.6 Å². The normalized spacial score (nSPS) is 11.8. The van der Waals surface area contributed by atoms with Gasteiger partial charge in [-0.15, -0.1) is 0 Å². The highest BCUT2D eigenvalue weighted by Crippen LogP contribution is 2.26. The largest absolute Gasteiger partial charge is 0.399 e. The number of rotatable bonds is 2. The SMILES string of the molecule is CC(C)(C)c1nsc(-n2ccnc2-c2cccc(N)c2)n1. The van der Waals surface area contributed by atoms with Gasteiger partial charge >= 0.3 is 0 Å². The van der Waals surface area contributed by atoms with Gasteiger partial charge < -0.3 is 5.73 Å². The second-order valence-electron chi connectivity index (χ2n) is 5.90. The molecule has 5 nitrogen and oxygen atoms in total. The van der Waals surface area contributed by atoms with E-state index in [-0.39, 0.29) is 5.41 Å². The predicted octanol–water partition coefficient (Wildman–Crippen LogP) is 3.27. The Kier molecular flexibility index (Phi) is 3.25. The van der Waals surface area contributed by atoms with Crippen LogP contribution in [-0.4, -0.2) is 18.9 Å². The summed E-state index contributed by atoms with van der Waals surface area (Å²) in [6.45, 7) is 6.31. The van der Waals surface area contributed by atoms with Crippen LogP contribution in [0.15, 0.2) is 36.7 Å². The third-order valence-electron chi connectivity index (χ3n) is 3.08. The molecule has 0 unspecified atom stereocenters. The van der Waals surface area contributed by atoms with Gasteiger partial charge in [0.25, 0.3) is 0 Å². The lowest BCUT2D eigenvalue weighted by Gasteiger charge is -2.12. The van der Waals surface area contributed by atoms with Gasteiger partial charge in [0.1, 0.15) is 11.6 Å². The molecule has 0 saturated carbocycles. The second kappa shape index (κ2) is 4.96. The van der Waals surface area contributed by atoms with Crippen molar-refractivity contribution in [3.63, 3.8) is 0 Å². The van der Waals surface area contributed by atoms with E-state index in [1.54, 1.807) is 6.20 Å². The van der Waals surface area contributed by atoms with E-state index in [4.69, 9.17) is 5.73 Å². The highest BCUT2D eigenvalue weighted by molar-refractivity contribution is 7.08. The fourth-order valence-electron chi connectivity index (χ4n) is 1.97. The molecule has 0 aliphatic heterocycles. The van der Waals surface area contributed by atoms with E-state index in [0.29, 0.717) is 0 Å². The Balaban J connectivity index is 2.05. The van der Waals surface area contributed by atoms with E-state index in [9.17, 15) is 0 Å². The molecule has 108 valence electrons. The van der Waals surface area contributed by atoms with Gasteiger partial charge in [0.2, 0.25) is 5.13 Å². The number of imidazole rings is 1. The van der Waals surface area contributed by atoms with Crippen molar-refractivity contribution in [3.8, 4) is 16.5 Å². The second-order valence-corrected chi connectivity index (χ2v) is 6.63. The van der Waals surface area contributed by atoms with E-state index in [1.807, 2.05) is 35.0 Å².